The zero-order valence-electron chi connectivity index (χ0n) is 12.7. The van der Waals surface area contributed by atoms with E-state index < -0.39 is 11.2 Å². The molecule has 3 nitrogen and oxygen atoms in total. The molecule has 19 heavy (non-hydrogen) atoms. The van der Waals surface area contributed by atoms with E-state index in [0.29, 0.717) is 6.42 Å². The van der Waals surface area contributed by atoms with Crippen LogP contribution in [0.5, 0.6) is 0 Å². The average Bonchev–Trinajstić information content (AvgIpc) is 2.18. The lowest BCUT2D eigenvalue weighted by Crippen LogP contribution is -2.40. The summed E-state index contributed by atoms with van der Waals surface area (Å²) in [6.07, 6.45) is 3.45. The molecule has 0 saturated carbocycles. The molecule has 0 aliphatic heterocycles. The minimum Gasteiger partial charge on any atom is -0.460 e. The summed E-state index contributed by atoms with van der Waals surface area (Å²) in [6, 6.07) is 0. The molecule has 0 aromatic heterocycles. The molecule has 0 spiro atoms. The summed E-state index contributed by atoms with van der Waals surface area (Å²) in [7, 11) is 0. The van der Waals surface area contributed by atoms with Crippen molar-refractivity contribution in [3.05, 3.63) is 23.8 Å². The summed E-state index contributed by atoms with van der Waals surface area (Å²) < 4.78 is 5.30. The SMILES string of the molecule is C=C(C)[C@@H]1CC=C(C)[C@@](O)(CC(=O)OC(C)(C)C)C1. The number of aliphatic hydroxyl groups is 1. The van der Waals surface area contributed by atoms with E-state index in [1.165, 1.54) is 0 Å². The molecule has 2 atom stereocenters. The predicted octanol–water partition coefficient (Wildman–Crippen LogP) is 3.38. The van der Waals surface area contributed by atoms with Gasteiger partial charge in [0.05, 0.1) is 12.0 Å². The fraction of sp³-hybridized carbons (Fsp3) is 0.688. The van der Waals surface area contributed by atoms with Gasteiger partial charge in [-0.3, -0.25) is 4.79 Å². The number of hydrogen-bond donors (Lipinski definition) is 1. The highest BCUT2D eigenvalue weighted by Gasteiger charge is 2.38. The van der Waals surface area contributed by atoms with E-state index in [0.717, 1.165) is 17.6 Å². The molecule has 1 N–H and O–H groups in total. The molecule has 0 heterocycles. The smallest absolute Gasteiger partial charge is 0.309 e. The molecule has 0 amide bonds. The third kappa shape index (κ3) is 4.50. The van der Waals surface area contributed by atoms with Gasteiger partial charge in [-0.05, 0) is 59.0 Å². The van der Waals surface area contributed by atoms with Crippen molar-refractivity contribution in [1.82, 2.24) is 0 Å². The number of carbonyl (C=O) groups is 1. The highest BCUT2D eigenvalue weighted by atomic mass is 16.6. The molecule has 0 radical (unpaired) electrons. The largest absolute Gasteiger partial charge is 0.460 e. The van der Waals surface area contributed by atoms with Crippen LogP contribution in [0, 0.1) is 5.92 Å². The fourth-order valence-corrected chi connectivity index (χ4v) is 2.36. The van der Waals surface area contributed by atoms with Crippen LogP contribution >= 0.6 is 0 Å². The molecule has 0 unspecified atom stereocenters. The molecule has 0 bridgehead atoms. The summed E-state index contributed by atoms with van der Waals surface area (Å²) in [6.45, 7) is 13.3. The molecular formula is C16H26O3. The zero-order valence-corrected chi connectivity index (χ0v) is 12.7. The second-order valence-electron chi connectivity index (χ2n) is 6.67. The molecular weight excluding hydrogens is 240 g/mol. The van der Waals surface area contributed by atoms with E-state index in [4.69, 9.17) is 4.74 Å². The normalized spacial score (nSPS) is 27.7. The van der Waals surface area contributed by atoms with Gasteiger partial charge in [-0.1, -0.05) is 18.2 Å². The lowest BCUT2D eigenvalue weighted by Gasteiger charge is -2.37. The maximum absolute atomic E-state index is 11.9. The Morgan fingerprint density at radius 3 is 2.63 bits per heavy atom. The van der Waals surface area contributed by atoms with Gasteiger partial charge in [-0.15, -0.1) is 0 Å². The maximum Gasteiger partial charge on any atom is 0.309 e. The van der Waals surface area contributed by atoms with Gasteiger partial charge in [0.15, 0.2) is 0 Å². The monoisotopic (exact) mass is 266 g/mol. The third-order valence-electron chi connectivity index (χ3n) is 3.58. The number of rotatable bonds is 3. The number of ether oxygens (including phenoxy) is 1. The zero-order chi connectivity index (χ0) is 14.8. The topological polar surface area (TPSA) is 46.5 Å². The van der Waals surface area contributed by atoms with Crippen molar-refractivity contribution in [2.75, 3.05) is 0 Å². The van der Waals surface area contributed by atoms with Gasteiger partial charge in [0, 0.05) is 0 Å². The van der Waals surface area contributed by atoms with E-state index in [2.05, 4.69) is 6.58 Å². The second kappa shape index (κ2) is 5.49. The Morgan fingerprint density at radius 1 is 1.58 bits per heavy atom. The van der Waals surface area contributed by atoms with Crippen molar-refractivity contribution < 1.29 is 14.6 Å². The Bertz CT molecular complexity index is 401. The highest BCUT2D eigenvalue weighted by Crippen LogP contribution is 2.38. The summed E-state index contributed by atoms with van der Waals surface area (Å²) in [5.74, 6) is -0.124. The third-order valence-corrected chi connectivity index (χ3v) is 3.58. The molecule has 0 aromatic carbocycles. The molecule has 0 saturated heterocycles. The van der Waals surface area contributed by atoms with Crippen molar-refractivity contribution in [1.29, 1.82) is 0 Å². The number of carbonyl (C=O) groups excluding carboxylic acids is 1. The maximum atomic E-state index is 11.9. The lowest BCUT2D eigenvalue weighted by molar-refractivity contribution is -0.159. The number of hydrogen-bond acceptors (Lipinski definition) is 3. The molecule has 108 valence electrons. The second-order valence-corrected chi connectivity index (χ2v) is 6.67. The first kappa shape index (κ1) is 16.0. The van der Waals surface area contributed by atoms with Crippen molar-refractivity contribution >= 4 is 5.97 Å². The van der Waals surface area contributed by atoms with Crippen LogP contribution in [-0.4, -0.2) is 22.3 Å². The first-order chi connectivity index (χ1) is 8.53. The van der Waals surface area contributed by atoms with E-state index in [-0.39, 0.29) is 18.3 Å². The molecule has 0 aromatic rings. The fourth-order valence-electron chi connectivity index (χ4n) is 2.36. The molecule has 1 rings (SSSR count). The quantitative estimate of drug-likeness (QED) is 0.629. The molecule has 3 heteroatoms. The van der Waals surface area contributed by atoms with E-state index >= 15 is 0 Å². The van der Waals surface area contributed by atoms with Gasteiger partial charge in [0.2, 0.25) is 0 Å². The van der Waals surface area contributed by atoms with Crippen LogP contribution in [-0.2, 0) is 9.53 Å². The van der Waals surface area contributed by atoms with E-state index in [9.17, 15) is 9.90 Å². The lowest BCUT2D eigenvalue weighted by atomic mass is 9.74. The minimum absolute atomic E-state index is 0.0103. The van der Waals surface area contributed by atoms with Crippen LogP contribution in [0.3, 0.4) is 0 Å². The van der Waals surface area contributed by atoms with Gasteiger partial charge in [-0.25, -0.2) is 0 Å². The number of allylic oxidation sites excluding steroid dienone is 2. The van der Waals surface area contributed by atoms with Crippen LogP contribution in [0.25, 0.3) is 0 Å². The summed E-state index contributed by atoms with van der Waals surface area (Å²) in [4.78, 5) is 11.9. The van der Waals surface area contributed by atoms with E-state index in [1.807, 2.05) is 40.7 Å². The van der Waals surface area contributed by atoms with Gasteiger partial charge in [-0.2, -0.15) is 0 Å². The van der Waals surface area contributed by atoms with Crippen LogP contribution < -0.4 is 0 Å². The van der Waals surface area contributed by atoms with Crippen LogP contribution in [0.15, 0.2) is 23.8 Å². The Hall–Kier alpha value is -1.09. The first-order valence-corrected chi connectivity index (χ1v) is 6.80. The Morgan fingerprint density at radius 2 is 2.16 bits per heavy atom. The van der Waals surface area contributed by atoms with Gasteiger partial charge in [0.1, 0.15) is 5.60 Å². The van der Waals surface area contributed by atoms with Crippen LogP contribution in [0.4, 0.5) is 0 Å². The minimum atomic E-state index is -1.09. The van der Waals surface area contributed by atoms with Gasteiger partial charge >= 0.3 is 5.97 Å². The van der Waals surface area contributed by atoms with Crippen molar-refractivity contribution in [3.63, 3.8) is 0 Å². The Kier molecular flexibility index (Phi) is 4.62. The molecule has 0 fully saturated rings. The molecule has 1 aliphatic carbocycles. The van der Waals surface area contributed by atoms with Crippen LogP contribution in [0.2, 0.25) is 0 Å². The van der Waals surface area contributed by atoms with E-state index in [1.54, 1.807) is 0 Å². The highest BCUT2D eigenvalue weighted by molar-refractivity contribution is 5.72. The van der Waals surface area contributed by atoms with Crippen molar-refractivity contribution in [3.8, 4) is 0 Å². The van der Waals surface area contributed by atoms with Gasteiger partial charge in [0.25, 0.3) is 0 Å². The summed E-state index contributed by atoms with van der Waals surface area (Å²) >= 11 is 0. The standard InChI is InChI=1S/C16H26O3/c1-11(2)13-8-7-12(3)16(18,9-13)10-14(17)19-15(4,5)6/h7,13,18H,1,8-10H2,2-6H3/t13-,16+/m1/s1. The number of esters is 1. The van der Waals surface area contributed by atoms with Crippen molar-refractivity contribution in [2.45, 2.75) is 65.1 Å². The first-order valence-electron chi connectivity index (χ1n) is 6.80. The predicted molar refractivity (Wildman–Crippen MR) is 76.7 cm³/mol. The Labute approximate surface area is 116 Å². The Balaban J connectivity index is 2.79. The summed E-state index contributed by atoms with van der Waals surface area (Å²) in [5.41, 5.74) is 0.291. The van der Waals surface area contributed by atoms with Crippen LogP contribution in [0.1, 0.15) is 53.9 Å². The van der Waals surface area contributed by atoms with Gasteiger partial charge < -0.3 is 9.84 Å². The summed E-state index contributed by atoms with van der Waals surface area (Å²) in [5, 5.41) is 10.7. The average molecular weight is 266 g/mol. The van der Waals surface area contributed by atoms with Crippen molar-refractivity contribution in [2.24, 2.45) is 5.92 Å². The molecule has 1 aliphatic rings.